The van der Waals surface area contributed by atoms with Crippen LogP contribution in [0.2, 0.25) is 0 Å². The first kappa shape index (κ1) is 23.7. The molecule has 35 heavy (non-hydrogen) atoms. The monoisotopic (exact) mass is 494 g/mol. The number of likely N-dealkylation sites (tertiary alicyclic amines) is 1. The van der Waals surface area contributed by atoms with Gasteiger partial charge in [-0.05, 0) is 80.4 Å². The average molecular weight is 495 g/mol. The third-order valence-electron chi connectivity index (χ3n) is 6.87. The van der Waals surface area contributed by atoms with E-state index in [-0.39, 0.29) is 17.7 Å². The highest BCUT2D eigenvalue weighted by Gasteiger charge is 2.37. The lowest BCUT2D eigenvalue weighted by Crippen LogP contribution is -2.40. The van der Waals surface area contributed by atoms with Crippen molar-refractivity contribution in [1.29, 1.82) is 0 Å². The molecule has 0 atom stereocenters. The molecule has 4 heterocycles. The standard InChI is InChI=1S/C26H30N4O4S/c1-18-15-20(16-23-25(32)29(26(33)35-23)17-24(31)28-9-3-4-10-28)19(2)30(18)22-7-5-21(6-8-22)27-11-13-34-14-12-27/h5-8,15-16H,3-4,9-14,17H2,1-2H3/b23-16-. The van der Waals surface area contributed by atoms with Crippen LogP contribution in [0.25, 0.3) is 11.8 Å². The van der Waals surface area contributed by atoms with Crippen molar-refractivity contribution in [3.05, 3.63) is 52.2 Å². The molecule has 1 aromatic heterocycles. The van der Waals surface area contributed by atoms with Crippen molar-refractivity contribution in [1.82, 2.24) is 14.4 Å². The minimum absolute atomic E-state index is 0.162. The van der Waals surface area contributed by atoms with Crippen LogP contribution in [-0.4, -0.2) is 77.4 Å². The van der Waals surface area contributed by atoms with Crippen LogP contribution in [-0.2, 0) is 14.3 Å². The molecule has 8 nitrogen and oxygen atoms in total. The maximum absolute atomic E-state index is 13.0. The summed E-state index contributed by atoms with van der Waals surface area (Å²) >= 11 is 0.901. The van der Waals surface area contributed by atoms with E-state index in [1.54, 1.807) is 11.0 Å². The normalized spacial score (nSPS) is 19.9. The van der Waals surface area contributed by atoms with E-state index in [2.05, 4.69) is 33.7 Å². The third kappa shape index (κ3) is 4.75. The second-order valence-electron chi connectivity index (χ2n) is 9.13. The van der Waals surface area contributed by atoms with E-state index in [4.69, 9.17) is 4.74 Å². The molecule has 0 bridgehead atoms. The Kier molecular flexibility index (Phi) is 6.71. The van der Waals surface area contributed by atoms with E-state index < -0.39 is 5.91 Å². The summed E-state index contributed by atoms with van der Waals surface area (Å²) in [6.07, 6.45) is 3.71. The fourth-order valence-electron chi connectivity index (χ4n) is 4.94. The number of carbonyl (C=O) groups is 3. The van der Waals surface area contributed by atoms with Gasteiger partial charge in [0.2, 0.25) is 5.91 Å². The van der Waals surface area contributed by atoms with Crippen molar-refractivity contribution >= 4 is 40.6 Å². The molecule has 2 aromatic rings. The largest absolute Gasteiger partial charge is 0.378 e. The van der Waals surface area contributed by atoms with Gasteiger partial charge in [0.05, 0.1) is 18.1 Å². The molecular formula is C26H30N4O4S. The van der Waals surface area contributed by atoms with Gasteiger partial charge in [-0.1, -0.05) is 0 Å². The number of anilines is 1. The van der Waals surface area contributed by atoms with E-state index in [1.807, 2.05) is 19.9 Å². The lowest BCUT2D eigenvalue weighted by Gasteiger charge is -2.29. The van der Waals surface area contributed by atoms with Crippen molar-refractivity contribution in [3.63, 3.8) is 0 Å². The number of imide groups is 1. The Morgan fingerprint density at radius 2 is 1.66 bits per heavy atom. The maximum Gasteiger partial charge on any atom is 0.294 e. The predicted octanol–water partition coefficient (Wildman–Crippen LogP) is 3.59. The SMILES string of the molecule is Cc1cc(/C=C2\SC(=O)N(CC(=O)N3CCCC3)C2=O)c(C)n1-c1ccc(N2CCOCC2)cc1. The van der Waals surface area contributed by atoms with Gasteiger partial charge in [-0.15, -0.1) is 0 Å². The molecule has 184 valence electrons. The molecule has 1 aromatic carbocycles. The Balaban J connectivity index is 1.34. The van der Waals surface area contributed by atoms with Gasteiger partial charge in [-0.3, -0.25) is 19.3 Å². The smallest absolute Gasteiger partial charge is 0.294 e. The van der Waals surface area contributed by atoms with E-state index in [0.717, 1.165) is 78.4 Å². The maximum atomic E-state index is 13.0. The number of carbonyl (C=O) groups excluding carboxylic acids is 3. The zero-order chi connectivity index (χ0) is 24.5. The number of benzene rings is 1. The van der Waals surface area contributed by atoms with Crippen LogP contribution in [0.15, 0.2) is 35.2 Å². The second kappa shape index (κ2) is 9.91. The Morgan fingerprint density at radius 3 is 2.34 bits per heavy atom. The van der Waals surface area contributed by atoms with Gasteiger partial charge in [0.1, 0.15) is 6.54 Å². The number of aromatic nitrogens is 1. The Hall–Kier alpha value is -3.04. The third-order valence-corrected chi connectivity index (χ3v) is 7.77. The molecule has 0 saturated carbocycles. The summed E-state index contributed by atoms with van der Waals surface area (Å²) in [4.78, 5) is 43.4. The zero-order valence-corrected chi connectivity index (χ0v) is 21.0. The highest BCUT2D eigenvalue weighted by molar-refractivity contribution is 8.18. The van der Waals surface area contributed by atoms with Gasteiger partial charge < -0.3 is 19.1 Å². The van der Waals surface area contributed by atoms with Crippen LogP contribution >= 0.6 is 11.8 Å². The lowest BCUT2D eigenvalue weighted by molar-refractivity contribution is -0.135. The molecule has 3 aliphatic rings. The van der Waals surface area contributed by atoms with Crippen molar-refractivity contribution in [3.8, 4) is 5.69 Å². The fourth-order valence-corrected chi connectivity index (χ4v) is 5.77. The summed E-state index contributed by atoms with van der Waals surface area (Å²) in [7, 11) is 0. The Bertz CT molecular complexity index is 1170. The number of morpholine rings is 1. The van der Waals surface area contributed by atoms with Crippen molar-refractivity contribution in [2.75, 3.05) is 50.8 Å². The van der Waals surface area contributed by atoms with Gasteiger partial charge in [0.15, 0.2) is 0 Å². The van der Waals surface area contributed by atoms with Crippen LogP contribution in [0.1, 0.15) is 29.8 Å². The van der Waals surface area contributed by atoms with Crippen molar-refractivity contribution in [2.24, 2.45) is 0 Å². The van der Waals surface area contributed by atoms with Gasteiger partial charge in [-0.2, -0.15) is 0 Å². The first-order valence-corrected chi connectivity index (χ1v) is 12.9. The van der Waals surface area contributed by atoms with Gasteiger partial charge in [0.25, 0.3) is 11.1 Å². The Labute approximate surface area is 209 Å². The predicted molar refractivity (Wildman–Crippen MR) is 137 cm³/mol. The van der Waals surface area contributed by atoms with Gasteiger partial charge in [-0.25, -0.2) is 0 Å². The molecule has 0 radical (unpaired) electrons. The van der Waals surface area contributed by atoms with Crippen LogP contribution < -0.4 is 4.90 Å². The number of ether oxygens (including phenoxy) is 1. The van der Waals surface area contributed by atoms with Crippen LogP contribution in [0.3, 0.4) is 0 Å². The summed E-state index contributed by atoms with van der Waals surface area (Å²) in [6, 6.07) is 10.5. The minimum atomic E-state index is -0.396. The molecular weight excluding hydrogens is 464 g/mol. The molecule has 0 spiro atoms. The Morgan fingerprint density at radius 1 is 1.00 bits per heavy atom. The number of hydrogen-bond donors (Lipinski definition) is 0. The number of rotatable bonds is 5. The number of nitrogens with zero attached hydrogens (tertiary/aromatic N) is 4. The lowest BCUT2D eigenvalue weighted by atomic mass is 10.2. The van der Waals surface area contributed by atoms with Crippen molar-refractivity contribution in [2.45, 2.75) is 26.7 Å². The first-order valence-electron chi connectivity index (χ1n) is 12.1. The highest BCUT2D eigenvalue weighted by atomic mass is 32.2. The summed E-state index contributed by atoms with van der Waals surface area (Å²) in [5, 5.41) is -0.388. The first-order chi connectivity index (χ1) is 16.9. The summed E-state index contributed by atoms with van der Waals surface area (Å²) in [5.74, 6) is -0.558. The van der Waals surface area contributed by atoms with E-state index in [1.165, 1.54) is 5.69 Å². The number of thioether (sulfide) groups is 1. The molecule has 0 unspecified atom stereocenters. The zero-order valence-electron chi connectivity index (χ0n) is 20.2. The number of hydrogen-bond acceptors (Lipinski definition) is 6. The van der Waals surface area contributed by atoms with Crippen LogP contribution in [0, 0.1) is 13.8 Å². The summed E-state index contributed by atoms with van der Waals surface area (Å²) in [6.45, 7) is 8.53. The minimum Gasteiger partial charge on any atom is -0.378 e. The van der Waals surface area contributed by atoms with Crippen molar-refractivity contribution < 1.29 is 19.1 Å². The molecule has 5 rings (SSSR count). The molecule has 3 amide bonds. The van der Waals surface area contributed by atoms with E-state index in [0.29, 0.717) is 18.0 Å². The molecule has 9 heteroatoms. The summed E-state index contributed by atoms with van der Waals surface area (Å²) in [5.41, 5.74) is 5.13. The second-order valence-corrected chi connectivity index (χ2v) is 10.1. The molecule has 3 fully saturated rings. The fraction of sp³-hybridized carbons (Fsp3) is 0.423. The average Bonchev–Trinajstić information content (AvgIpc) is 3.56. The quantitative estimate of drug-likeness (QED) is 0.592. The molecule has 3 aliphatic heterocycles. The molecule has 0 N–H and O–H groups in total. The summed E-state index contributed by atoms with van der Waals surface area (Å²) < 4.78 is 7.59. The van der Waals surface area contributed by atoms with Crippen LogP contribution in [0.4, 0.5) is 10.5 Å². The van der Waals surface area contributed by atoms with E-state index >= 15 is 0 Å². The highest BCUT2D eigenvalue weighted by Crippen LogP contribution is 2.34. The molecule has 3 saturated heterocycles. The van der Waals surface area contributed by atoms with Gasteiger partial charge >= 0.3 is 0 Å². The van der Waals surface area contributed by atoms with E-state index in [9.17, 15) is 14.4 Å². The van der Waals surface area contributed by atoms with Gasteiger partial charge in [0, 0.05) is 48.9 Å². The number of amides is 3. The van der Waals surface area contributed by atoms with Crippen LogP contribution in [0.5, 0.6) is 0 Å². The molecule has 0 aliphatic carbocycles. The topological polar surface area (TPSA) is 75.1 Å². The number of aryl methyl sites for hydroxylation is 1.